The zero-order valence-electron chi connectivity index (χ0n) is 15.4. The molecule has 2 aromatic carbocycles. The Morgan fingerprint density at radius 3 is 2.27 bits per heavy atom. The van der Waals surface area contributed by atoms with Gasteiger partial charge in [0.1, 0.15) is 0 Å². The smallest absolute Gasteiger partial charge is 0.221 e. The maximum absolute atomic E-state index is 12.2. The molecule has 0 spiro atoms. The molecule has 1 amide bonds. The highest BCUT2D eigenvalue weighted by Gasteiger charge is 2.15. The van der Waals surface area contributed by atoms with Crippen molar-refractivity contribution in [3.05, 3.63) is 67.0 Å². The average molecular weight is 347 g/mol. The van der Waals surface area contributed by atoms with Crippen molar-refractivity contribution < 1.29 is 4.79 Å². The van der Waals surface area contributed by atoms with Gasteiger partial charge in [0, 0.05) is 30.1 Å². The predicted molar refractivity (Wildman–Crippen MR) is 106 cm³/mol. The van der Waals surface area contributed by atoms with Crippen LogP contribution in [0.2, 0.25) is 0 Å². The highest BCUT2D eigenvalue weighted by Crippen LogP contribution is 2.31. The number of nitrogens with zero attached hydrogens (tertiary/aromatic N) is 2. The second kappa shape index (κ2) is 8.48. The van der Waals surface area contributed by atoms with Crippen LogP contribution in [0, 0.1) is 0 Å². The summed E-state index contributed by atoms with van der Waals surface area (Å²) in [6.07, 6.45) is 3.21. The van der Waals surface area contributed by atoms with E-state index < -0.39 is 0 Å². The van der Waals surface area contributed by atoms with Crippen LogP contribution in [-0.2, 0) is 11.3 Å². The van der Waals surface area contributed by atoms with Crippen molar-refractivity contribution in [3.8, 4) is 22.5 Å². The molecule has 0 saturated carbocycles. The Morgan fingerprint density at radius 2 is 1.65 bits per heavy atom. The first-order chi connectivity index (χ1) is 12.7. The van der Waals surface area contributed by atoms with Crippen molar-refractivity contribution >= 4 is 5.91 Å². The third kappa shape index (κ3) is 4.20. The van der Waals surface area contributed by atoms with E-state index in [9.17, 15) is 4.79 Å². The van der Waals surface area contributed by atoms with Crippen molar-refractivity contribution in [1.29, 1.82) is 0 Å². The van der Waals surface area contributed by atoms with Gasteiger partial charge in [-0.25, -0.2) is 4.98 Å². The second-order valence-corrected chi connectivity index (χ2v) is 6.49. The highest BCUT2D eigenvalue weighted by atomic mass is 16.1. The molecule has 134 valence electrons. The number of aryl methyl sites for hydroxylation is 1. The number of nitrogens with one attached hydrogen (secondary N) is 1. The van der Waals surface area contributed by atoms with E-state index in [1.807, 2.05) is 49.6 Å². The predicted octanol–water partition coefficient (Wildman–Crippen LogP) is 4.52. The van der Waals surface area contributed by atoms with Gasteiger partial charge in [0.2, 0.25) is 5.91 Å². The number of carbonyl (C=O) groups excluding carboxylic acids is 1. The molecule has 1 N–H and O–H groups in total. The normalized spacial score (nSPS) is 11.9. The third-order valence-corrected chi connectivity index (χ3v) is 4.53. The lowest BCUT2D eigenvalue weighted by molar-refractivity contribution is -0.121. The lowest BCUT2D eigenvalue weighted by Gasteiger charge is -2.13. The first kappa shape index (κ1) is 17.9. The van der Waals surface area contributed by atoms with Gasteiger partial charge in [-0.1, -0.05) is 67.6 Å². The Morgan fingerprint density at radius 1 is 1.04 bits per heavy atom. The number of amides is 1. The van der Waals surface area contributed by atoms with Crippen molar-refractivity contribution in [2.75, 3.05) is 0 Å². The lowest BCUT2D eigenvalue weighted by Crippen LogP contribution is -2.32. The molecule has 1 unspecified atom stereocenters. The van der Waals surface area contributed by atoms with Gasteiger partial charge in [-0.15, -0.1) is 0 Å². The topological polar surface area (TPSA) is 46.9 Å². The fourth-order valence-electron chi connectivity index (χ4n) is 2.93. The number of rotatable bonds is 7. The van der Waals surface area contributed by atoms with Crippen molar-refractivity contribution in [3.63, 3.8) is 0 Å². The van der Waals surface area contributed by atoms with Gasteiger partial charge in [-0.2, -0.15) is 0 Å². The quantitative estimate of drug-likeness (QED) is 0.683. The standard InChI is InChI=1S/C22H25N3O/c1-3-17(2)24-20(26)14-15-25-16-23-21(18-10-6-4-7-11-18)22(25)19-12-8-5-9-13-19/h4-13,16-17H,3,14-15H2,1-2H3,(H,24,26). The molecular formula is C22H25N3O. The largest absolute Gasteiger partial charge is 0.354 e. The van der Waals surface area contributed by atoms with Gasteiger partial charge in [0.05, 0.1) is 17.7 Å². The van der Waals surface area contributed by atoms with Gasteiger partial charge >= 0.3 is 0 Å². The van der Waals surface area contributed by atoms with Crippen molar-refractivity contribution in [1.82, 2.24) is 14.9 Å². The van der Waals surface area contributed by atoms with E-state index in [0.717, 1.165) is 28.9 Å². The minimum atomic E-state index is 0.0772. The van der Waals surface area contributed by atoms with Gasteiger partial charge in [0.25, 0.3) is 0 Å². The van der Waals surface area contributed by atoms with Crippen LogP contribution in [-0.4, -0.2) is 21.5 Å². The summed E-state index contributed by atoms with van der Waals surface area (Å²) in [5, 5.41) is 3.02. The SMILES string of the molecule is CCC(C)NC(=O)CCn1cnc(-c2ccccc2)c1-c1ccccc1. The van der Waals surface area contributed by atoms with E-state index in [2.05, 4.69) is 46.1 Å². The number of hydrogen-bond donors (Lipinski definition) is 1. The fourth-order valence-corrected chi connectivity index (χ4v) is 2.93. The molecule has 3 rings (SSSR count). The summed E-state index contributed by atoms with van der Waals surface area (Å²) in [5.41, 5.74) is 4.17. The molecular weight excluding hydrogens is 322 g/mol. The van der Waals surface area contributed by atoms with Gasteiger partial charge < -0.3 is 9.88 Å². The Labute approximate surface area is 154 Å². The second-order valence-electron chi connectivity index (χ2n) is 6.49. The summed E-state index contributed by atoms with van der Waals surface area (Å²) in [7, 11) is 0. The van der Waals surface area contributed by atoms with Gasteiger partial charge in [0.15, 0.2) is 0 Å². The molecule has 26 heavy (non-hydrogen) atoms. The van der Waals surface area contributed by atoms with Crippen molar-refractivity contribution in [2.45, 2.75) is 39.3 Å². The van der Waals surface area contributed by atoms with E-state index in [-0.39, 0.29) is 11.9 Å². The summed E-state index contributed by atoms with van der Waals surface area (Å²) in [4.78, 5) is 16.8. The van der Waals surface area contributed by atoms with Gasteiger partial charge in [-0.05, 0) is 13.3 Å². The van der Waals surface area contributed by atoms with Crippen molar-refractivity contribution in [2.24, 2.45) is 0 Å². The van der Waals surface area contributed by atoms with Gasteiger partial charge in [-0.3, -0.25) is 4.79 Å². The third-order valence-electron chi connectivity index (χ3n) is 4.53. The van der Waals surface area contributed by atoms with Crippen LogP contribution in [0.1, 0.15) is 26.7 Å². The molecule has 1 atom stereocenters. The Bertz CT molecular complexity index is 840. The molecule has 0 aliphatic carbocycles. The highest BCUT2D eigenvalue weighted by molar-refractivity contribution is 5.79. The molecule has 4 heteroatoms. The molecule has 0 aliphatic heterocycles. The van der Waals surface area contributed by atoms with E-state index >= 15 is 0 Å². The van der Waals surface area contributed by atoms with Crippen LogP contribution in [0.4, 0.5) is 0 Å². The first-order valence-corrected chi connectivity index (χ1v) is 9.14. The summed E-state index contributed by atoms with van der Waals surface area (Å²) in [6, 6.07) is 20.6. The number of carbonyl (C=O) groups is 1. The molecule has 0 aliphatic rings. The summed E-state index contributed by atoms with van der Waals surface area (Å²) in [5.74, 6) is 0.0772. The zero-order chi connectivity index (χ0) is 18.4. The van der Waals surface area contributed by atoms with Crippen LogP contribution >= 0.6 is 0 Å². The van der Waals surface area contributed by atoms with Crippen LogP contribution in [0.15, 0.2) is 67.0 Å². The van der Waals surface area contributed by atoms with E-state index in [0.29, 0.717) is 13.0 Å². The fraction of sp³-hybridized carbons (Fsp3) is 0.273. The Balaban J connectivity index is 1.89. The minimum absolute atomic E-state index is 0.0772. The minimum Gasteiger partial charge on any atom is -0.354 e. The molecule has 1 aromatic heterocycles. The lowest BCUT2D eigenvalue weighted by atomic mass is 10.0. The molecule has 0 radical (unpaired) electrons. The average Bonchev–Trinajstić information content (AvgIpc) is 3.11. The summed E-state index contributed by atoms with van der Waals surface area (Å²) >= 11 is 0. The number of aromatic nitrogens is 2. The molecule has 0 fully saturated rings. The van der Waals surface area contributed by atoms with Crippen LogP contribution in [0.3, 0.4) is 0 Å². The summed E-state index contributed by atoms with van der Waals surface area (Å²) < 4.78 is 2.08. The van der Waals surface area contributed by atoms with Crippen LogP contribution in [0.25, 0.3) is 22.5 Å². The Hall–Kier alpha value is -2.88. The molecule has 4 nitrogen and oxygen atoms in total. The Kier molecular flexibility index (Phi) is 5.84. The molecule has 0 bridgehead atoms. The zero-order valence-corrected chi connectivity index (χ0v) is 15.4. The maximum Gasteiger partial charge on any atom is 0.221 e. The van der Waals surface area contributed by atoms with E-state index in [4.69, 9.17) is 0 Å². The molecule has 1 heterocycles. The number of hydrogen-bond acceptors (Lipinski definition) is 2. The van der Waals surface area contributed by atoms with E-state index in [1.165, 1.54) is 0 Å². The summed E-state index contributed by atoms with van der Waals surface area (Å²) in [6.45, 7) is 4.70. The maximum atomic E-state index is 12.2. The number of imidazole rings is 1. The molecule has 0 saturated heterocycles. The van der Waals surface area contributed by atoms with Crippen LogP contribution in [0.5, 0.6) is 0 Å². The number of benzene rings is 2. The van der Waals surface area contributed by atoms with E-state index in [1.54, 1.807) is 0 Å². The first-order valence-electron chi connectivity index (χ1n) is 9.14. The van der Waals surface area contributed by atoms with Crippen LogP contribution < -0.4 is 5.32 Å². The molecule has 3 aromatic rings. The monoisotopic (exact) mass is 347 g/mol.